The number of fused-ring (bicyclic) bond motifs is 1. The van der Waals surface area contributed by atoms with E-state index in [0.717, 1.165) is 0 Å². The molecule has 0 spiro atoms. The Morgan fingerprint density at radius 2 is 1.59 bits per heavy atom. The first kappa shape index (κ1) is 21.2. The van der Waals surface area contributed by atoms with Crippen LogP contribution in [0.15, 0.2) is 72.5 Å². The summed E-state index contributed by atoms with van der Waals surface area (Å²) in [6.07, 6.45) is 8.59. The van der Waals surface area contributed by atoms with Crippen molar-refractivity contribution < 1.29 is 33.3 Å². The number of hydrogen-bond donors (Lipinski definition) is 0. The van der Waals surface area contributed by atoms with Gasteiger partial charge in [0.25, 0.3) is 6.29 Å². The van der Waals surface area contributed by atoms with Gasteiger partial charge in [-0.2, -0.15) is 0 Å². The quantitative estimate of drug-likeness (QED) is 0.383. The first-order valence-corrected chi connectivity index (χ1v) is 9.89. The van der Waals surface area contributed by atoms with E-state index in [1.807, 2.05) is 6.08 Å². The highest BCUT2D eigenvalue weighted by Gasteiger charge is 2.46. The molecule has 9 nitrogen and oxygen atoms in total. The van der Waals surface area contributed by atoms with Gasteiger partial charge >= 0.3 is 17.9 Å². The van der Waals surface area contributed by atoms with Crippen LogP contribution in [-0.2, 0) is 23.7 Å². The molecule has 0 aromatic carbocycles. The molecule has 164 valence electrons. The van der Waals surface area contributed by atoms with Gasteiger partial charge in [0.2, 0.25) is 0 Å². The Kier molecular flexibility index (Phi) is 6.25. The van der Waals surface area contributed by atoms with Crippen molar-refractivity contribution in [2.45, 2.75) is 12.7 Å². The molecule has 2 aromatic rings. The zero-order valence-corrected chi connectivity index (χ0v) is 17.2. The summed E-state index contributed by atoms with van der Waals surface area (Å²) >= 11 is 0. The van der Waals surface area contributed by atoms with E-state index in [1.165, 1.54) is 50.3 Å². The summed E-state index contributed by atoms with van der Waals surface area (Å²) in [7, 11) is 1.29. The predicted molar refractivity (Wildman–Crippen MR) is 109 cm³/mol. The second-order valence-electron chi connectivity index (χ2n) is 7.17. The van der Waals surface area contributed by atoms with Crippen LogP contribution in [0.5, 0.6) is 0 Å². The minimum atomic E-state index is -0.998. The highest BCUT2D eigenvalue weighted by Crippen LogP contribution is 2.44. The standard InChI is InChI=1S/C23H20N2O7/c1-29-22(28)18-13-31-23(32-21(27)15-6-10-25-11-7-15)19-16(2-3-17(18)19)12-30-20(26)14-4-8-24-9-5-14/h2,4-11,13,17,19,23H,3,12H2,1H3/t17?,19?,23-/m0/s1. The molecule has 1 aliphatic heterocycles. The van der Waals surface area contributed by atoms with Crippen LogP contribution in [0.3, 0.4) is 0 Å². The monoisotopic (exact) mass is 436 g/mol. The van der Waals surface area contributed by atoms with Crippen molar-refractivity contribution in [2.75, 3.05) is 13.7 Å². The fourth-order valence-electron chi connectivity index (χ4n) is 3.77. The molecular weight excluding hydrogens is 416 g/mol. The molecule has 0 saturated heterocycles. The third kappa shape index (κ3) is 4.36. The van der Waals surface area contributed by atoms with Gasteiger partial charge in [-0.3, -0.25) is 9.97 Å². The number of hydrogen-bond acceptors (Lipinski definition) is 9. The van der Waals surface area contributed by atoms with Gasteiger partial charge in [0, 0.05) is 30.7 Å². The fourth-order valence-corrected chi connectivity index (χ4v) is 3.77. The fraction of sp³-hybridized carbons (Fsp3) is 0.261. The second kappa shape index (κ2) is 9.42. The topological polar surface area (TPSA) is 114 Å². The van der Waals surface area contributed by atoms with Crippen molar-refractivity contribution in [1.29, 1.82) is 0 Å². The van der Waals surface area contributed by atoms with Crippen LogP contribution in [-0.4, -0.2) is 47.9 Å². The van der Waals surface area contributed by atoms with E-state index >= 15 is 0 Å². The van der Waals surface area contributed by atoms with E-state index in [1.54, 1.807) is 12.1 Å². The van der Waals surface area contributed by atoms with E-state index in [4.69, 9.17) is 18.9 Å². The molecule has 9 heteroatoms. The molecule has 2 aliphatic rings. The predicted octanol–water partition coefficient (Wildman–Crippen LogP) is 2.47. The average molecular weight is 436 g/mol. The summed E-state index contributed by atoms with van der Waals surface area (Å²) in [6.45, 7) is -0.0383. The molecule has 0 fully saturated rings. The van der Waals surface area contributed by atoms with Gasteiger partial charge in [-0.15, -0.1) is 0 Å². The molecule has 2 aromatic heterocycles. The number of carbonyl (C=O) groups excluding carboxylic acids is 3. The van der Waals surface area contributed by atoms with Crippen molar-refractivity contribution in [3.05, 3.63) is 83.7 Å². The molecule has 32 heavy (non-hydrogen) atoms. The van der Waals surface area contributed by atoms with Crippen molar-refractivity contribution in [3.8, 4) is 0 Å². The van der Waals surface area contributed by atoms with Crippen LogP contribution < -0.4 is 0 Å². The molecule has 2 unspecified atom stereocenters. The van der Waals surface area contributed by atoms with E-state index in [-0.39, 0.29) is 12.5 Å². The molecule has 3 heterocycles. The third-order valence-electron chi connectivity index (χ3n) is 5.36. The summed E-state index contributed by atoms with van der Waals surface area (Å²) in [5.74, 6) is -2.47. The minimum absolute atomic E-state index is 0.0383. The number of methoxy groups -OCH3 is 1. The molecule has 0 radical (unpaired) electrons. The van der Waals surface area contributed by atoms with Crippen molar-refractivity contribution >= 4 is 17.9 Å². The maximum atomic E-state index is 12.6. The van der Waals surface area contributed by atoms with Crippen molar-refractivity contribution in [3.63, 3.8) is 0 Å². The Balaban J connectivity index is 1.52. The Hall–Kier alpha value is -4.01. The number of rotatable bonds is 6. The smallest absolute Gasteiger partial charge is 0.341 e. The van der Waals surface area contributed by atoms with E-state index in [2.05, 4.69) is 9.97 Å². The van der Waals surface area contributed by atoms with E-state index in [9.17, 15) is 14.4 Å². The Morgan fingerprint density at radius 1 is 0.969 bits per heavy atom. The van der Waals surface area contributed by atoms with Crippen molar-refractivity contribution in [2.24, 2.45) is 11.8 Å². The summed E-state index contributed by atoms with van der Waals surface area (Å²) in [6, 6.07) is 6.16. The Morgan fingerprint density at radius 3 is 2.22 bits per heavy atom. The van der Waals surface area contributed by atoms with Gasteiger partial charge in [0.05, 0.1) is 36.0 Å². The number of pyridine rings is 2. The average Bonchev–Trinajstić information content (AvgIpc) is 3.27. The number of aromatic nitrogens is 2. The first-order chi connectivity index (χ1) is 15.6. The lowest BCUT2D eigenvalue weighted by molar-refractivity contribution is -0.142. The van der Waals surface area contributed by atoms with Crippen LogP contribution in [0.25, 0.3) is 0 Å². The molecule has 1 aliphatic carbocycles. The molecule has 0 saturated carbocycles. The van der Waals surface area contributed by atoms with Gasteiger partial charge in [-0.1, -0.05) is 6.08 Å². The summed E-state index contributed by atoms with van der Waals surface area (Å²) in [5, 5.41) is 0. The lowest BCUT2D eigenvalue weighted by Crippen LogP contribution is -2.39. The number of esters is 3. The van der Waals surface area contributed by atoms with Gasteiger partial charge in [-0.05, 0) is 36.3 Å². The van der Waals surface area contributed by atoms with Gasteiger partial charge in [0.1, 0.15) is 6.61 Å². The summed E-state index contributed by atoms with van der Waals surface area (Å²) in [5.41, 5.74) is 1.71. The van der Waals surface area contributed by atoms with Gasteiger partial charge < -0.3 is 18.9 Å². The largest absolute Gasteiger partial charge is 0.466 e. The Labute approximate surface area is 183 Å². The van der Waals surface area contributed by atoms with Crippen LogP contribution in [0.2, 0.25) is 0 Å². The lowest BCUT2D eigenvalue weighted by Gasteiger charge is -2.34. The number of carbonyl (C=O) groups is 3. The zero-order chi connectivity index (χ0) is 22.5. The number of nitrogens with zero attached hydrogens (tertiary/aromatic N) is 2. The Bertz CT molecular complexity index is 1070. The SMILES string of the molecule is COC(=O)C1=CO[C@@H](OC(=O)c2ccncc2)C2C(COC(=O)c3ccncc3)=CCC12. The highest BCUT2D eigenvalue weighted by molar-refractivity contribution is 5.90. The molecule has 3 atom stereocenters. The maximum Gasteiger partial charge on any atom is 0.341 e. The molecular formula is C23H20N2O7. The third-order valence-corrected chi connectivity index (χ3v) is 5.36. The molecule has 0 bridgehead atoms. The lowest BCUT2D eigenvalue weighted by atomic mass is 9.83. The second-order valence-corrected chi connectivity index (χ2v) is 7.17. The van der Waals surface area contributed by atoms with Crippen LogP contribution in [0.4, 0.5) is 0 Å². The van der Waals surface area contributed by atoms with Gasteiger partial charge in [-0.25, -0.2) is 14.4 Å². The van der Waals surface area contributed by atoms with Crippen LogP contribution in [0, 0.1) is 11.8 Å². The first-order valence-electron chi connectivity index (χ1n) is 9.89. The normalized spacial score (nSPS) is 21.3. The maximum absolute atomic E-state index is 12.6. The number of ether oxygens (including phenoxy) is 4. The molecule has 0 N–H and O–H groups in total. The minimum Gasteiger partial charge on any atom is -0.466 e. The molecule has 0 amide bonds. The van der Waals surface area contributed by atoms with Gasteiger partial charge in [0.15, 0.2) is 0 Å². The van der Waals surface area contributed by atoms with E-state index in [0.29, 0.717) is 28.7 Å². The summed E-state index contributed by atoms with van der Waals surface area (Å²) in [4.78, 5) is 44.9. The van der Waals surface area contributed by atoms with E-state index < -0.39 is 30.1 Å². The van der Waals surface area contributed by atoms with Crippen LogP contribution >= 0.6 is 0 Å². The zero-order valence-electron chi connectivity index (χ0n) is 17.2. The molecule has 4 rings (SSSR count). The highest BCUT2D eigenvalue weighted by atomic mass is 16.7. The summed E-state index contributed by atoms with van der Waals surface area (Å²) < 4.78 is 21.5. The van der Waals surface area contributed by atoms with Crippen LogP contribution in [0.1, 0.15) is 27.1 Å². The number of allylic oxidation sites excluding steroid dienone is 1. The van der Waals surface area contributed by atoms with Crippen molar-refractivity contribution in [1.82, 2.24) is 9.97 Å².